The highest BCUT2D eigenvalue weighted by Crippen LogP contribution is 2.19. The van der Waals surface area contributed by atoms with E-state index in [9.17, 15) is 4.79 Å². The fourth-order valence-corrected chi connectivity index (χ4v) is 1.94. The average molecular weight is 275 g/mol. The minimum atomic E-state index is -0.228. The number of aryl methyl sites for hydroxylation is 1. The first-order valence-corrected chi connectivity index (χ1v) is 6.38. The van der Waals surface area contributed by atoms with Crippen molar-refractivity contribution in [1.82, 2.24) is 5.32 Å². The summed E-state index contributed by atoms with van der Waals surface area (Å²) in [4.78, 5) is 11.8. The maximum absolute atomic E-state index is 11.8. The van der Waals surface area contributed by atoms with Crippen molar-refractivity contribution in [3.05, 3.63) is 64.7 Å². The van der Waals surface area contributed by atoms with Gasteiger partial charge in [-0.25, -0.2) is 4.79 Å². The van der Waals surface area contributed by atoms with Crippen LogP contribution < -0.4 is 10.6 Å². The summed E-state index contributed by atoms with van der Waals surface area (Å²) in [6.45, 7) is 2.40. The van der Waals surface area contributed by atoms with Crippen LogP contribution in [0.25, 0.3) is 0 Å². The molecule has 0 aliphatic carbocycles. The Morgan fingerprint density at radius 1 is 1.16 bits per heavy atom. The van der Waals surface area contributed by atoms with Crippen molar-refractivity contribution in [1.29, 1.82) is 0 Å². The summed E-state index contributed by atoms with van der Waals surface area (Å²) in [6, 6.07) is 14.9. The third kappa shape index (κ3) is 4.00. The molecule has 0 saturated carbocycles. The average Bonchev–Trinajstić information content (AvgIpc) is 2.41. The summed E-state index contributed by atoms with van der Waals surface area (Å²) in [5, 5.41) is 6.27. The second kappa shape index (κ2) is 6.25. The topological polar surface area (TPSA) is 41.1 Å². The van der Waals surface area contributed by atoms with E-state index in [-0.39, 0.29) is 6.03 Å². The van der Waals surface area contributed by atoms with Crippen molar-refractivity contribution in [3.63, 3.8) is 0 Å². The van der Waals surface area contributed by atoms with E-state index < -0.39 is 0 Å². The second-order valence-electron chi connectivity index (χ2n) is 4.25. The van der Waals surface area contributed by atoms with E-state index in [2.05, 4.69) is 10.6 Å². The van der Waals surface area contributed by atoms with E-state index in [1.165, 1.54) is 0 Å². The van der Waals surface area contributed by atoms with Gasteiger partial charge < -0.3 is 10.6 Å². The Bertz CT molecular complexity index is 570. The Labute approximate surface area is 117 Å². The fourth-order valence-electron chi connectivity index (χ4n) is 1.71. The zero-order valence-electron chi connectivity index (χ0n) is 10.6. The van der Waals surface area contributed by atoms with Crippen molar-refractivity contribution in [2.45, 2.75) is 13.5 Å². The molecule has 4 heteroatoms. The molecular weight excluding hydrogens is 260 g/mol. The normalized spacial score (nSPS) is 10.0. The molecule has 0 bridgehead atoms. The molecule has 0 spiro atoms. The lowest BCUT2D eigenvalue weighted by molar-refractivity contribution is 0.251. The van der Waals surface area contributed by atoms with Crippen LogP contribution >= 0.6 is 11.6 Å². The molecule has 2 amide bonds. The van der Waals surface area contributed by atoms with Gasteiger partial charge in [-0.2, -0.15) is 0 Å². The van der Waals surface area contributed by atoms with Crippen molar-refractivity contribution in [3.8, 4) is 0 Å². The predicted molar refractivity (Wildman–Crippen MR) is 78.5 cm³/mol. The van der Waals surface area contributed by atoms with E-state index in [4.69, 9.17) is 11.6 Å². The minimum absolute atomic E-state index is 0.228. The maximum atomic E-state index is 11.8. The second-order valence-corrected chi connectivity index (χ2v) is 4.69. The number of halogens is 1. The lowest BCUT2D eigenvalue weighted by Crippen LogP contribution is -2.28. The third-order valence-corrected chi connectivity index (χ3v) is 2.97. The van der Waals surface area contributed by atoms with Crippen LogP contribution in [0.3, 0.4) is 0 Å². The SMILES string of the molecule is Cc1cc(Cl)ccc1NC(=O)NCc1ccccc1. The first-order valence-electron chi connectivity index (χ1n) is 6.00. The molecule has 98 valence electrons. The maximum Gasteiger partial charge on any atom is 0.319 e. The molecule has 0 aliphatic rings. The van der Waals surface area contributed by atoms with Crippen LogP contribution in [0.2, 0.25) is 5.02 Å². The largest absolute Gasteiger partial charge is 0.334 e. The first-order chi connectivity index (χ1) is 9.15. The third-order valence-electron chi connectivity index (χ3n) is 2.73. The smallest absolute Gasteiger partial charge is 0.319 e. The summed E-state index contributed by atoms with van der Waals surface area (Å²) in [7, 11) is 0. The van der Waals surface area contributed by atoms with Gasteiger partial charge >= 0.3 is 6.03 Å². The molecule has 0 heterocycles. The number of urea groups is 1. The molecular formula is C15H15ClN2O. The summed E-state index contributed by atoms with van der Waals surface area (Å²) in [5.41, 5.74) is 2.75. The van der Waals surface area contributed by atoms with Crippen LogP contribution in [0.4, 0.5) is 10.5 Å². The number of amides is 2. The van der Waals surface area contributed by atoms with Crippen molar-refractivity contribution in [2.75, 3.05) is 5.32 Å². The molecule has 0 fully saturated rings. The van der Waals surface area contributed by atoms with Gasteiger partial charge in [0, 0.05) is 17.3 Å². The Hall–Kier alpha value is -2.00. The first kappa shape index (κ1) is 13.4. The molecule has 3 nitrogen and oxygen atoms in total. The van der Waals surface area contributed by atoms with Crippen LogP contribution in [0.5, 0.6) is 0 Å². The van der Waals surface area contributed by atoms with Gasteiger partial charge in [0.05, 0.1) is 0 Å². The molecule has 0 unspecified atom stereocenters. The molecule has 0 aromatic heterocycles. The zero-order chi connectivity index (χ0) is 13.7. The standard InChI is InChI=1S/C15H15ClN2O/c1-11-9-13(16)7-8-14(11)18-15(19)17-10-12-5-3-2-4-6-12/h2-9H,10H2,1H3,(H2,17,18,19). The van der Waals surface area contributed by atoms with Crippen LogP contribution in [0, 0.1) is 6.92 Å². The van der Waals surface area contributed by atoms with Gasteiger partial charge in [-0.1, -0.05) is 41.9 Å². The van der Waals surface area contributed by atoms with Crippen LogP contribution in [0.15, 0.2) is 48.5 Å². The number of rotatable bonds is 3. The van der Waals surface area contributed by atoms with Gasteiger partial charge in [0.2, 0.25) is 0 Å². The Balaban J connectivity index is 1.91. The zero-order valence-corrected chi connectivity index (χ0v) is 11.4. The number of anilines is 1. The number of hydrogen-bond acceptors (Lipinski definition) is 1. The van der Waals surface area contributed by atoms with E-state index >= 15 is 0 Å². The van der Waals surface area contributed by atoms with E-state index in [0.29, 0.717) is 11.6 Å². The van der Waals surface area contributed by atoms with Gasteiger partial charge in [-0.3, -0.25) is 0 Å². The van der Waals surface area contributed by atoms with Gasteiger partial charge in [0.1, 0.15) is 0 Å². The number of nitrogens with one attached hydrogen (secondary N) is 2. The van der Waals surface area contributed by atoms with Crippen LogP contribution in [0.1, 0.15) is 11.1 Å². The quantitative estimate of drug-likeness (QED) is 0.874. The number of carbonyl (C=O) groups excluding carboxylic acids is 1. The molecule has 2 N–H and O–H groups in total. The molecule has 0 radical (unpaired) electrons. The van der Waals surface area contributed by atoms with E-state index in [0.717, 1.165) is 16.8 Å². The molecule has 0 saturated heterocycles. The molecule has 2 aromatic carbocycles. The molecule has 2 rings (SSSR count). The van der Waals surface area contributed by atoms with Gasteiger partial charge in [-0.15, -0.1) is 0 Å². The minimum Gasteiger partial charge on any atom is -0.334 e. The van der Waals surface area contributed by atoms with Gasteiger partial charge in [0.15, 0.2) is 0 Å². The van der Waals surface area contributed by atoms with Crippen LogP contribution in [-0.4, -0.2) is 6.03 Å². The highest BCUT2D eigenvalue weighted by atomic mass is 35.5. The molecule has 2 aromatic rings. The van der Waals surface area contributed by atoms with E-state index in [1.54, 1.807) is 12.1 Å². The fraction of sp³-hybridized carbons (Fsp3) is 0.133. The van der Waals surface area contributed by atoms with Gasteiger partial charge in [-0.05, 0) is 36.2 Å². The number of carbonyl (C=O) groups is 1. The highest BCUT2D eigenvalue weighted by molar-refractivity contribution is 6.30. The van der Waals surface area contributed by atoms with Crippen LogP contribution in [-0.2, 0) is 6.54 Å². The lowest BCUT2D eigenvalue weighted by atomic mass is 10.2. The van der Waals surface area contributed by atoms with E-state index in [1.807, 2.05) is 43.3 Å². The Morgan fingerprint density at radius 3 is 2.58 bits per heavy atom. The summed E-state index contributed by atoms with van der Waals surface area (Å²) in [5.74, 6) is 0. The van der Waals surface area contributed by atoms with Gasteiger partial charge in [0.25, 0.3) is 0 Å². The predicted octanol–water partition coefficient (Wildman–Crippen LogP) is 3.97. The monoisotopic (exact) mass is 274 g/mol. The summed E-state index contributed by atoms with van der Waals surface area (Å²) >= 11 is 5.87. The molecule has 19 heavy (non-hydrogen) atoms. The van der Waals surface area contributed by atoms with Crippen molar-refractivity contribution in [2.24, 2.45) is 0 Å². The lowest BCUT2D eigenvalue weighted by Gasteiger charge is -2.10. The number of benzene rings is 2. The Kier molecular flexibility index (Phi) is 4.42. The summed E-state index contributed by atoms with van der Waals surface area (Å²) < 4.78 is 0. The molecule has 0 aliphatic heterocycles. The summed E-state index contributed by atoms with van der Waals surface area (Å²) in [6.07, 6.45) is 0. The number of hydrogen-bond donors (Lipinski definition) is 2. The van der Waals surface area contributed by atoms with Crippen molar-refractivity contribution >= 4 is 23.3 Å². The molecule has 0 atom stereocenters. The van der Waals surface area contributed by atoms with Crippen molar-refractivity contribution < 1.29 is 4.79 Å². The Morgan fingerprint density at radius 2 is 1.89 bits per heavy atom. The highest BCUT2D eigenvalue weighted by Gasteiger charge is 2.04.